The fraction of sp³-hybridized carbons (Fsp3) is 0.323. The molecular formula is C31H33FN8O2. The van der Waals surface area contributed by atoms with Gasteiger partial charge in [0.2, 0.25) is 0 Å². The molecule has 216 valence electrons. The number of benzene rings is 2. The summed E-state index contributed by atoms with van der Waals surface area (Å²) in [4.78, 5) is 25.7. The Hall–Kier alpha value is -4.82. The number of nitrogen functional groups attached to an aromatic ring is 1. The van der Waals surface area contributed by atoms with Gasteiger partial charge < -0.3 is 20.3 Å². The standard InChI is InChI=1S/C31H33FN8O2/c1-4-21(38(2)3)15-20(17-33)31(41)39-14-8-9-22(18-39)40-30-27(29(34)35-19-36-30)28(37-40)25-13-12-24(16-26(25)32)42-23-10-6-5-7-11-23/h5-7,10-13,15-16,19,21-22H,4,8-9,14,18H2,1-3H3,(H2,34,35,36)/t21-,22?/m1/s1. The Morgan fingerprint density at radius 2 is 2.02 bits per heavy atom. The van der Waals surface area contributed by atoms with Crippen LogP contribution in [0.4, 0.5) is 10.2 Å². The van der Waals surface area contributed by atoms with E-state index in [-0.39, 0.29) is 34.9 Å². The van der Waals surface area contributed by atoms with Gasteiger partial charge >= 0.3 is 0 Å². The number of carbonyl (C=O) groups is 1. The van der Waals surface area contributed by atoms with Crippen molar-refractivity contribution in [1.29, 1.82) is 5.26 Å². The maximum atomic E-state index is 15.5. The van der Waals surface area contributed by atoms with E-state index in [0.29, 0.717) is 47.7 Å². The summed E-state index contributed by atoms with van der Waals surface area (Å²) in [6, 6.07) is 15.5. The summed E-state index contributed by atoms with van der Waals surface area (Å²) < 4.78 is 23.0. The van der Waals surface area contributed by atoms with Gasteiger partial charge in [-0.3, -0.25) is 4.79 Å². The summed E-state index contributed by atoms with van der Waals surface area (Å²) in [6.45, 7) is 2.86. The van der Waals surface area contributed by atoms with Gasteiger partial charge in [-0.15, -0.1) is 0 Å². The zero-order valence-corrected chi connectivity index (χ0v) is 23.9. The summed E-state index contributed by atoms with van der Waals surface area (Å²) in [7, 11) is 3.84. The normalized spacial score (nSPS) is 16.4. The number of nitrogens with two attached hydrogens (primary N) is 1. The quantitative estimate of drug-likeness (QED) is 0.233. The zero-order chi connectivity index (χ0) is 29.8. The average Bonchev–Trinajstić information content (AvgIpc) is 3.39. The molecule has 10 nitrogen and oxygen atoms in total. The number of halogens is 1. The number of hydrogen-bond donors (Lipinski definition) is 1. The summed E-state index contributed by atoms with van der Waals surface area (Å²) >= 11 is 0. The first-order valence-corrected chi connectivity index (χ1v) is 13.9. The molecular weight excluding hydrogens is 535 g/mol. The van der Waals surface area contributed by atoms with E-state index in [4.69, 9.17) is 15.6 Å². The molecule has 2 atom stereocenters. The minimum absolute atomic E-state index is 0.0270. The Morgan fingerprint density at radius 1 is 1.24 bits per heavy atom. The van der Waals surface area contributed by atoms with E-state index in [9.17, 15) is 10.1 Å². The van der Waals surface area contributed by atoms with Gasteiger partial charge in [-0.05, 0) is 63.7 Å². The molecule has 1 aliphatic heterocycles. The van der Waals surface area contributed by atoms with Gasteiger partial charge in [0, 0.05) is 30.8 Å². The molecule has 2 aromatic carbocycles. The molecule has 2 aromatic heterocycles. The van der Waals surface area contributed by atoms with Crippen LogP contribution in [0.1, 0.15) is 32.2 Å². The van der Waals surface area contributed by atoms with Crippen LogP contribution in [0.3, 0.4) is 0 Å². The van der Waals surface area contributed by atoms with Crippen LogP contribution in [0, 0.1) is 17.1 Å². The van der Waals surface area contributed by atoms with Crippen molar-refractivity contribution < 1.29 is 13.9 Å². The molecule has 42 heavy (non-hydrogen) atoms. The Bertz CT molecular complexity index is 1660. The summed E-state index contributed by atoms with van der Waals surface area (Å²) in [5, 5.41) is 15.0. The fourth-order valence-electron chi connectivity index (χ4n) is 5.30. The monoisotopic (exact) mass is 568 g/mol. The van der Waals surface area contributed by atoms with E-state index in [1.807, 2.05) is 44.1 Å². The highest BCUT2D eigenvalue weighted by atomic mass is 19.1. The Labute approximate surface area is 243 Å². The van der Waals surface area contributed by atoms with Crippen molar-refractivity contribution in [2.45, 2.75) is 38.3 Å². The van der Waals surface area contributed by atoms with Gasteiger partial charge in [-0.2, -0.15) is 10.4 Å². The smallest absolute Gasteiger partial charge is 0.264 e. The SMILES string of the molecule is CC[C@H](C=C(C#N)C(=O)N1CCCC(n2nc(-c3ccc(Oc4ccccc4)cc3F)c3c(N)ncnc32)C1)N(C)C. The van der Waals surface area contributed by atoms with Gasteiger partial charge in [0.25, 0.3) is 5.91 Å². The van der Waals surface area contributed by atoms with Crippen molar-refractivity contribution >= 4 is 22.8 Å². The molecule has 0 bridgehead atoms. The second-order valence-electron chi connectivity index (χ2n) is 10.5. The second-order valence-corrected chi connectivity index (χ2v) is 10.5. The number of nitrogens with zero attached hydrogens (tertiary/aromatic N) is 7. The highest BCUT2D eigenvalue weighted by Gasteiger charge is 2.31. The van der Waals surface area contributed by atoms with E-state index in [1.54, 1.807) is 39.9 Å². The molecule has 5 rings (SSSR count). The van der Waals surface area contributed by atoms with Crippen LogP contribution in [0.2, 0.25) is 0 Å². The summed E-state index contributed by atoms with van der Waals surface area (Å²) in [5.41, 5.74) is 7.39. The molecule has 1 unspecified atom stereocenters. The Morgan fingerprint density at radius 3 is 2.71 bits per heavy atom. The summed E-state index contributed by atoms with van der Waals surface area (Å²) in [6.07, 6.45) is 5.28. The van der Waals surface area contributed by atoms with E-state index < -0.39 is 5.82 Å². The first-order chi connectivity index (χ1) is 20.3. The molecule has 1 fully saturated rings. The molecule has 3 heterocycles. The highest BCUT2D eigenvalue weighted by molar-refractivity contribution is 5.99. The van der Waals surface area contributed by atoms with Crippen molar-refractivity contribution in [3.8, 4) is 28.8 Å². The molecule has 4 aromatic rings. The minimum Gasteiger partial charge on any atom is -0.457 e. The Balaban J connectivity index is 1.47. The van der Waals surface area contributed by atoms with Gasteiger partial charge in [0.15, 0.2) is 5.65 Å². The topological polar surface area (TPSA) is 126 Å². The van der Waals surface area contributed by atoms with E-state index >= 15 is 4.39 Å². The van der Waals surface area contributed by atoms with Crippen molar-refractivity contribution in [3.63, 3.8) is 0 Å². The number of amides is 1. The number of piperidine rings is 1. The number of anilines is 1. The lowest BCUT2D eigenvalue weighted by molar-refractivity contribution is -0.128. The molecule has 0 saturated carbocycles. The molecule has 1 saturated heterocycles. The maximum Gasteiger partial charge on any atom is 0.264 e. The molecule has 2 N–H and O–H groups in total. The predicted octanol–water partition coefficient (Wildman–Crippen LogP) is 4.96. The first kappa shape index (κ1) is 28.7. The number of rotatable bonds is 8. The number of para-hydroxylation sites is 1. The average molecular weight is 569 g/mol. The largest absolute Gasteiger partial charge is 0.457 e. The minimum atomic E-state index is -0.533. The predicted molar refractivity (Wildman–Crippen MR) is 158 cm³/mol. The number of nitriles is 1. The van der Waals surface area contributed by atoms with Crippen LogP contribution in [-0.2, 0) is 4.79 Å². The van der Waals surface area contributed by atoms with Crippen LogP contribution in [-0.4, -0.2) is 68.7 Å². The molecule has 0 spiro atoms. The molecule has 11 heteroatoms. The lowest BCUT2D eigenvalue weighted by Gasteiger charge is -2.33. The van der Waals surface area contributed by atoms with E-state index in [1.165, 1.54) is 12.4 Å². The number of likely N-dealkylation sites (N-methyl/N-ethyl adjacent to an activating group) is 1. The van der Waals surface area contributed by atoms with Gasteiger partial charge in [-0.25, -0.2) is 19.0 Å². The van der Waals surface area contributed by atoms with Crippen LogP contribution in [0.15, 0.2) is 66.5 Å². The van der Waals surface area contributed by atoms with Gasteiger partial charge in [0.1, 0.15) is 46.8 Å². The van der Waals surface area contributed by atoms with Crippen LogP contribution in [0.5, 0.6) is 11.5 Å². The van der Waals surface area contributed by atoms with Crippen molar-refractivity contribution in [2.75, 3.05) is 32.9 Å². The molecule has 1 aliphatic rings. The fourth-order valence-corrected chi connectivity index (χ4v) is 5.30. The lowest BCUT2D eigenvalue weighted by Crippen LogP contribution is -2.42. The third-order valence-corrected chi connectivity index (χ3v) is 7.51. The van der Waals surface area contributed by atoms with Crippen LogP contribution < -0.4 is 10.5 Å². The maximum absolute atomic E-state index is 15.5. The zero-order valence-electron chi connectivity index (χ0n) is 23.9. The van der Waals surface area contributed by atoms with E-state index in [2.05, 4.69) is 16.0 Å². The van der Waals surface area contributed by atoms with Crippen molar-refractivity contribution in [3.05, 3.63) is 72.3 Å². The summed E-state index contributed by atoms with van der Waals surface area (Å²) in [5.74, 6) is 0.271. The van der Waals surface area contributed by atoms with Crippen LogP contribution in [0.25, 0.3) is 22.3 Å². The number of hydrogen-bond acceptors (Lipinski definition) is 8. The van der Waals surface area contributed by atoms with Crippen LogP contribution >= 0.6 is 0 Å². The number of aromatic nitrogens is 4. The highest BCUT2D eigenvalue weighted by Crippen LogP contribution is 2.36. The van der Waals surface area contributed by atoms with Gasteiger partial charge in [0.05, 0.1) is 11.4 Å². The lowest BCUT2D eigenvalue weighted by atomic mass is 10.0. The van der Waals surface area contributed by atoms with Crippen molar-refractivity contribution in [2.24, 2.45) is 0 Å². The second kappa shape index (κ2) is 12.4. The molecule has 0 aliphatic carbocycles. The molecule has 1 amide bonds. The number of carbonyl (C=O) groups excluding carboxylic acids is 1. The van der Waals surface area contributed by atoms with Crippen molar-refractivity contribution in [1.82, 2.24) is 29.5 Å². The van der Waals surface area contributed by atoms with E-state index in [0.717, 1.165) is 12.8 Å². The number of likely N-dealkylation sites (tertiary alicyclic amines) is 1. The first-order valence-electron chi connectivity index (χ1n) is 13.9. The van der Waals surface area contributed by atoms with Gasteiger partial charge in [-0.1, -0.05) is 25.1 Å². The number of ether oxygens (including phenoxy) is 1. The third-order valence-electron chi connectivity index (χ3n) is 7.51. The Kier molecular flexibility index (Phi) is 8.45. The third kappa shape index (κ3) is 5.80. The molecule has 0 radical (unpaired) electrons. The number of fused-ring (bicyclic) bond motifs is 1.